The average Bonchev–Trinajstić information content (AvgIpc) is 4.41. The summed E-state index contributed by atoms with van der Waals surface area (Å²) in [5.41, 5.74) is 18.6. The smallest absolute Gasteiger partial charge is 0.657 e. The van der Waals surface area contributed by atoms with Crippen LogP contribution in [0, 0.1) is 0 Å². The molecular weight excluding hydrogens is 1050 g/mol. The van der Waals surface area contributed by atoms with Gasteiger partial charge >= 0.3 is 19.5 Å². The van der Waals surface area contributed by atoms with Gasteiger partial charge in [0.15, 0.2) is 0 Å². The third kappa shape index (κ3) is 11.8. The van der Waals surface area contributed by atoms with Crippen molar-refractivity contribution >= 4 is 46.4 Å². The molecule has 0 spiro atoms. The fourth-order valence-electron chi connectivity index (χ4n) is 11.6. The quantitative estimate of drug-likeness (QED) is 0.139. The van der Waals surface area contributed by atoms with Gasteiger partial charge in [-0.05, 0) is 170 Å². The minimum Gasteiger partial charge on any atom is -0.657 e. The Hall–Kier alpha value is -8.26. The van der Waals surface area contributed by atoms with Crippen molar-refractivity contribution in [3.8, 4) is 67.5 Å². The monoisotopic (exact) mass is 1110 g/mol. The molecule has 9 aromatic rings. The van der Waals surface area contributed by atoms with Crippen molar-refractivity contribution in [1.82, 2.24) is 19.9 Å². The number of rotatable bonds is 0. The number of aryl methyl sites for hydroxylation is 4. The van der Waals surface area contributed by atoms with Crippen LogP contribution in [-0.4, -0.2) is 36.4 Å². The minimum absolute atomic E-state index is 0. The summed E-state index contributed by atoms with van der Waals surface area (Å²) in [5.74, 6) is 3.12. The molecule has 0 fully saturated rings. The zero-order valence-corrected chi connectivity index (χ0v) is 48.9. The number of ether oxygens (including phenoxy) is 4. The number of hydrogen-bond donors (Lipinski definition) is 0. The largest absolute Gasteiger partial charge is 2.00 e. The van der Waals surface area contributed by atoms with Crippen molar-refractivity contribution in [2.24, 2.45) is 0 Å². The van der Waals surface area contributed by atoms with Crippen molar-refractivity contribution < 1.29 is 38.4 Å². The first kappa shape index (κ1) is 53.4. The van der Waals surface area contributed by atoms with Crippen LogP contribution in [0.2, 0.25) is 0 Å². The second kappa shape index (κ2) is 25.0. The van der Waals surface area contributed by atoms with E-state index in [0.29, 0.717) is 26.4 Å². The van der Waals surface area contributed by atoms with E-state index in [0.717, 1.165) is 189 Å². The number of nitrogens with zero attached hydrogens (tertiary/aromatic N) is 4. The Labute approximate surface area is 487 Å². The molecule has 3 aromatic heterocycles. The van der Waals surface area contributed by atoms with Crippen molar-refractivity contribution in [2.75, 3.05) is 26.4 Å². The molecule has 0 amide bonds. The first-order valence-electron chi connectivity index (χ1n) is 28.8. The number of hydrogen-bond acceptors (Lipinski definition) is 6. The van der Waals surface area contributed by atoms with Gasteiger partial charge in [0.05, 0.1) is 49.2 Å². The Kier molecular flexibility index (Phi) is 16.5. The first-order chi connectivity index (χ1) is 39.7. The predicted molar refractivity (Wildman–Crippen MR) is 325 cm³/mol. The molecule has 6 aromatic carbocycles. The first-order valence-corrected chi connectivity index (χ1v) is 28.8. The van der Waals surface area contributed by atoms with E-state index in [1.165, 1.54) is 22.3 Å². The summed E-state index contributed by atoms with van der Waals surface area (Å²) in [6, 6.07) is 60.1. The maximum atomic E-state index is 6.82. The molecule has 10 aliphatic rings. The van der Waals surface area contributed by atoms with Gasteiger partial charge in [-0.25, -0.2) is 9.97 Å². The zero-order valence-electron chi connectivity index (χ0n) is 45.9. The normalized spacial score (nSPS) is 14.8. The van der Waals surface area contributed by atoms with Crippen LogP contribution < -0.4 is 28.9 Å². The third-order valence-corrected chi connectivity index (χ3v) is 15.7. The molecule has 0 saturated carbocycles. The van der Waals surface area contributed by atoms with Crippen molar-refractivity contribution in [3.63, 3.8) is 0 Å². The van der Waals surface area contributed by atoms with Gasteiger partial charge in [0.25, 0.3) is 0 Å². The summed E-state index contributed by atoms with van der Waals surface area (Å²) >= 11 is 0. The number of benzene rings is 6. The molecule has 19 rings (SSSR count). The van der Waals surface area contributed by atoms with Gasteiger partial charge in [0.2, 0.25) is 0 Å². The topological polar surface area (TPSA) is 90.9 Å². The van der Waals surface area contributed by atoms with Crippen molar-refractivity contribution in [2.45, 2.75) is 77.0 Å². The summed E-state index contributed by atoms with van der Waals surface area (Å²) in [5, 5.41) is 0. The molecular formula is C72H64N4O4Zn. The Balaban J connectivity index is 0.00000651. The summed E-state index contributed by atoms with van der Waals surface area (Å²) < 4.78 is 27.3. The predicted octanol–water partition coefficient (Wildman–Crippen LogP) is 16.8. The molecule has 10 aliphatic heterocycles. The summed E-state index contributed by atoms with van der Waals surface area (Å²) in [4.78, 5) is 22.6. The molecule has 0 unspecified atom stereocenters. The van der Waals surface area contributed by atoms with Gasteiger partial charge in [-0.15, -0.1) is 22.1 Å². The fourth-order valence-corrected chi connectivity index (χ4v) is 11.6. The van der Waals surface area contributed by atoms with E-state index in [9.17, 15) is 0 Å². The molecule has 0 radical (unpaired) electrons. The van der Waals surface area contributed by atoms with Crippen LogP contribution in [-0.2, 0) is 45.2 Å². The number of para-hydroxylation sites is 4. The Bertz CT molecular complexity index is 3430. The maximum Gasteiger partial charge on any atom is 2.00 e. The summed E-state index contributed by atoms with van der Waals surface area (Å²) in [7, 11) is 0. The van der Waals surface area contributed by atoms with Gasteiger partial charge in [-0.3, -0.25) is 0 Å². The zero-order chi connectivity index (χ0) is 53.5. The van der Waals surface area contributed by atoms with Gasteiger partial charge in [0, 0.05) is 22.3 Å². The molecule has 16 bridgehead atoms. The van der Waals surface area contributed by atoms with Crippen molar-refractivity contribution in [1.29, 1.82) is 0 Å². The molecule has 9 heteroatoms. The van der Waals surface area contributed by atoms with Crippen LogP contribution in [0.25, 0.3) is 90.9 Å². The standard InChI is InChI=1S/C72H64N4O4.Zn/c1-5-25-65-53(21-1)69-57-37-39-59(73-57)70-54-22-2-6-26-66(54)78-46-14-10-19-51-33-35-52(36-34-51)20-11-15-47-79-67-27-7-3-23-55(67)71(60-40-38-58(69)74-60)62-42-44-64(76-62)72(63-43-41-61(70)75-63)56-24-4-8-28-68(56)80-48-16-12-18-50-31-29-49(30-32-50)17-9-13-45-77-65;/h1-8,21-44H,9-20,45-48H2;/q-2;+2. The van der Waals surface area contributed by atoms with E-state index in [2.05, 4.69) is 170 Å². The van der Waals surface area contributed by atoms with Gasteiger partial charge in [0.1, 0.15) is 23.0 Å². The van der Waals surface area contributed by atoms with E-state index in [1.54, 1.807) is 0 Å². The van der Waals surface area contributed by atoms with Gasteiger partial charge in [-0.2, -0.15) is 0 Å². The SMILES string of the molecule is C1=Cc2nc1c1c3ccc([n-]3)c3c4nc(c(c5ccc([n-]5)c2-c2ccccc2OCCCCc2ccc(cc2)CCCCOc2ccccc2-3)-c2ccccc2OCCCCc2ccc(cc2)CCCCOc2ccccc2-1)C=C4.[Zn+2]. The number of aromatic nitrogens is 4. The third-order valence-electron chi connectivity index (χ3n) is 15.7. The molecule has 398 valence electrons. The van der Waals surface area contributed by atoms with Crippen LogP contribution in [0.5, 0.6) is 23.0 Å². The van der Waals surface area contributed by atoms with Crippen LogP contribution in [0.1, 0.15) is 96.4 Å². The van der Waals surface area contributed by atoms with Crippen LogP contribution in [0.15, 0.2) is 170 Å². The summed E-state index contributed by atoms with van der Waals surface area (Å²) in [6.07, 6.45) is 20.1. The minimum atomic E-state index is 0. The molecule has 8 nitrogen and oxygen atoms in total. The Morgan fingerprint density at radius 3 is 0.753 bits per heavy atom. The summed E-state index contributed by atoms with van der Waals surface area (Å²) in [6.45, 7) is 2.27. The Morgan fingerprint density at radius 1 is 0.272 bits per heavy atom. The van der Waals surface area contributed by atoms with Crippen molar-refractivity contribution in [3.05, 3.63) is 215 Å². The molecule has 0 atom stereocenters. The average molecular weight is 1110 g/mol. The van der Waals surface area contributed by atoms with E-state index >= 15 is 0 Å². The second-order valence-electron chi connectivity index (χ2n) is 21.2. The molecule has 0 N–H and O–H groups in total. The Morgan fingerprint density at radius 2 is 0.506 bits per heavy atom. The van der Waals surface area contributed by atoms with E-state index in [4.69, 9.17) is 38.9 Å². The molecule has 0 aliphatic carbocycles. The second-order valence-corrected chi connectivity index (χ2v) is 21.2. The van der Waals surface area contributed by atoms with Gasteiger partial charge < -0.3 is 28.9 Å². The van der Waals surface area contributed by atoms with E-state index in [-0.39, 0.29) is 19.5 Å². The van der Waals surface area contributed by atoms with Crippen LogP contribution in [0.3, 0.4) is 0 Å². The molecule has 0 saturated heterocycles. The maximum absolute atomic E-state index is 6.82. The van der Waals surface area contributed by atoms with E-state index < -0.39 is 0 Å². The molecule has 13 heterocycles. The fraction of sp³-hybridized carbons (Fsp3) is 0.222. The van der Waals surface area contributed by atoms with E-state index in [1.807, 2.05) is 24.3 Å². The molecule has 81 heavy (non-hydrogen) atoms. The van der Waals surface area contributed by atoms with Crippen LogP contribution in [0.4, 0.5) is 0 Å². The van der Waals surface area contributed by atoms with Crippen LogP contribution >= 0.6 is 0 Å². The van der Waals surface area contributed by atoms with Gasteiger partial charge in [-0.1, -0.05) is 146 Å².